The molecule has 0 spiro atoms. The Morgan fingerprint density at radius 1 is 0.417 bits per heavy atom. The first kappa shape index (κ1) is 13.9. The lowest BCUT2D eigenvalue weighted by Crippen LogP contribution is -1.96. The number of hydrogen-bond acceptors (Lipinski definition) is 9. The van der Waals surface area contributed by atoms with E-state index in [1.807, 2.05) is 18.2 Å². The minimum atomic E-state index is 0.480. The number of benzene rings is 1. The molecule has 24 heavy (non-hydrogen) atoms. The molecule has 3 heterocycles. The maximum absolute atomic E-state index is 4.23. The fourth-order valence-electron chi connectivity index (χ4n) is 2.15. The number of rotatable bonds is 3. The van der Waals surface area contributed by atoms with Crippen LogP contribution >= 0.6 is 0 Å². The van der Waals surface area contributed by atoms with Crippen molar-refractivity contribution in [3.63, 3.8) is 0 Å². The lowest BCUT2D eigenvalue weighted by Gasteiger charge is -2.06. The summed E-state index contributed by atoms with van der Waals surface area (Å²) < 4.78 is 0. The van der Waals surface area contributed by atoms with Crippen LogP contribution in [0.3, 0.4) is 0 Å². The molecule has 4 rings (SSSR count). The lowest BCUT2D eigenvalue weighted by atomic mass is 10.0. The van der Waals surface area contributed by atoms with Crippen LogP contribution in [-0.2, 0) is 0 Å². The van der Waals surface area contributed by atoms with Crippen molar-refractivity contribution in [3.05, 3.63) is 55.4 Å². The molecule has 0 amide bonds. The van der Waals surface area contributed by atoms with Gasteiger partial charge in [-0.15, -0.1) is 15.3 Å². The van der Waals surface area contributed by atoms with E-state index in [1.54, 1.807) is 18.6 Å². The molecule has 0 radical (unpaired) electrons. The van der Waals surface area contributed by atoms with Gasteiger partial charge in [0.15, 0.2) is 17.5 Å². The Morgan fingerprint density at radius 3 is 1.00 bits per heavy atom. The average Bonchev–Trinajstić information content (AvgIpc) is 2.70. The summed E-state index contributed by atoms with van der Waals surface area (Å²) >= 11 is 0. The fraction of sp³-hybridized carbons (Fsp3) is 0. The smallest absolute Gasteiger partial charge is 0.181 e. The first-order chi connectivity index (χ1) is 11.9. The van der Waals surface area contributed by atoms with E-state index in [-0.39, 0.29) is 0 Å². The van der Waals surface area contributed by atoms with E-state index in [0.29, 0.717) is 17.5 Å². The fourth-order valence-corrected chi connectivity index (χ4v) is 2.15. The van der Waals surface area contributed by atoms with Crippen molar-refractivity contribution in [3.8, 4) is 34.2 Å². The van der Waals surface area contributed by atoms with Crippen LogP contribution in [0.1, 0.15) is 0 Å². The highest BCUT2D eigenvalue weighted by Gasteiger charge is 2.12. The van der Waals surface area contributed by atoms with Gasteiger partial charge < -0.3 is 0 Å². The SMILES string of the molecule is c1cnc(-c2cc(-c3nccnn3)cc(-c3nccnn3)c2)nn1. The molecule has 114 valence electrons. The molecule has 0 N–H and O–H groups in total. The van der Waals surface area contributed by atoms with E-state index in [4.69, 9.17) is 0 Å². The van der Waals surface area contributed by atoms with Gasteiger partial charge >= 0.3 is 0 Å². The molecule has 9 heteroatoms. The summed E-state index contributed by atoms with van der Waals surface area (Å²) in [5.74, 6) is 1.44. The van der Waals surface area contributed by atoms with E-state index >= 15 is 0 Å². The molecule has 1 aromatic carbocycles. The van der Waals surface area contributed by atoms with Crippen LogP contribution < -0.4 is 0 Å². The zero-order valence-electron chi connectivity index (χ0n) is 12.2. The second-order valence-corrected chi connectivity index (χ2v) is 4.70. The molecule has 4 aromatic rings. The van der Waals surface area contributed by atoms with Crippen LogP contribution in [-0.4, -0.2) is 45.5 Å². The predicted octanol–water partition coefficient (Wildman–Crippen LogP) is 1.24. The standard InChI is InChI=1S/C15H9N9/c1-4-19-22-13(16-1)10-7-11(14-17-2-5-20-23-14)9-12(8-10)15-18-3-6-21-24-15/h1-9H. The van der Waals surface area contributed by atoms with Crippen LogP contribution in [0.4, 0.5) is 0 Å². The Kier molecular flexibility index (Phi) is 3.57. The topological polar surface area (TPSA) is 116 Å². The zero-order valence-corrected chi connectivity index (χ0v) is 12.2. The van der Waals surface area contributed by atoms with Gasteiger partial charge in [0.2, 0.25) is 0 Å². The Balaban J connectivity index is 1.92. The quantitative estimate of drug-likeness (QED) is 0.550. The minimum Gasteiger partial charge on any atom is -0.233 e. The highest BCUT2D eigenvalue weighted by atomic mass is 15.2. The van der Waals surface area contributed by atoms with Gasteiger partial charge in [0.25, 0.3) is 0 Å². The van der Waals surface area contributed by atoms with E-state index in [0.717, 1.165) is 16.7 Å². The summed E-state index contributed by atoms with van der Waals surface area (Å²) in [5, 5.41) is 23.7. The zero-order chi connectivity index (χ0) is 16.2. The second-order valence-electron chi connectivity index (χ2n) is 4.70. The molecule has 9 nitrogen and oxygen atoms in total. The Bertz CT molecular complexity index is 807. The Labute approximate surface area is 135 Å². The molecular weight excluding hydrogens is 306 g/mol. The van der Waals surface area contributed by atoms with Crippen molar-refractivity contribution in [1.82, 2.24) is 45.5 Å². The Morgan fingerprint density at radius 2 is 0.750 bits per heavy atom. The maximum atomic E-state index is 4.23. The molecule has 0 bridgehead atoms. The molecule has 0 fully saturated rings. The lowest BCUT2D eigenvalue weighted by molar-refractivity contribution is 0.969. The molecule has 0 saturated carbocycles. The van der Waals surface area contributed by atoms with Crippen molar-refractivity contribution < 1.29 is 0 Å². The van der Waals surface area contributed by atoms with E-state index in [2.05, 4.69) is 45.5 Å². The van der Waals surface area contributed by atoms with Crippen LogP contribution in [0.5, 0.6) is 0 Å². The molecular formula is C15H9N9. The summed E-state index contributed by atoms with van der Waals surface area (Å²) in [6, 6.07) is 5.61. The first-order valence-corrected chi connectivity index (χ1v) is 6.97. The number of hydrogen-bond donors (Lipinski definition) is 0. The average molecular weight is 315 g/mol. The van der Waals surface area contributed by atoms with Crippen molar-refractivity contribution in [2.45, 2.75) is 0 Å². The third-order valence-corrected chi connectivity index (χ3v) is 3.16. The van der Waals surface area contributed by atoms with Gasteiger partial charge in [-0.3, -0.25) is 0 Å². The highest BCUT2D eigenvalue weighted by molar-refractivity contribution is 5.74. The van der Waals surface area contributed by atoms with Crippen LogP contribution in [0, 0.1) is 0 Å². The van der Waals surface area contributed by atoms with E-state index in [9.17, 15) is 0 Å². The maximum Gasteiger partial charge on any atom is 0.181 e. The summed E-state index contributed by atoms with van der Waals surface area (Å²) in [7, 11) is 0. The predicted molar refractivity (Wildman–Crippen MR) is 82.9 cm³/mol. The number of nitrogens with zero attached hydrogens (tertiary/aromatic N) is 9. The van der Waals surface area contributed by atoms with E-state index < -0.39 is 0 Å². The molecule has 0 unspecified atom stereocenters. The highest BCUT2D eigenvalue weighted by Crippen LogP contribution is 2.27. The van der Waals surface area contributed by atoms with Gasteiger partial charge in [-0.1, -0.05) is 0 Å². The van der Waals surface area contributed by atoms with Gasteiger partial charge in [-0.25, -0.2) is 15.0 Å². The molecule has 0 atom stereocenters. The molecule has 0 saturated heterocycles. The van der Waals surface area contributed by atoms with Crippen LogP contribution in [0.15, 0.2) is 55.4 Å². The first-order valence-electron chi connectivity index (χ1n) is 6.97. The molecule has 3 aromatic heterocycles. The summed E-state index contributed by atoms with van der Waals surface area (Å²) in [4.78, 5) is 12.7. The summed E-state index contributed by atoms with van der Waals surface area (Å²) in [6.45, 7) is 0. The number of aromatic nitrogens is 9. The molecule has 0 aliphatic carbocycles. The minimum absolute atomic E-state index is 0.480. The molecule has 0 aliphatic rings. The largest absolute Gasteiger partial charge is 0.233 e. The van der Waals surface area contributed by atoms with Gasteiger partial charge in [-0.2, -0.15) is 15.3 Å². The monoisotopic (exact) mass is 315 g/mol. The van der Waals surface area contributed by atoms with Crippen molar-refractivity contribution >= 4 is 0 Å². The second kappa shape index (κ2) is 6.16. The van der Waals surface area contributed by atoms with Crippen molar-refractivity contribution in [2.75, 3.05) is 0 Å². The van der Waals surface area contributed by atoms with Gasteiger partial charge in [0, 0.05) is 35.3 Å². The summed E-state index contributed by atoms with van der Waals surface area (Å²) in [5.41, 5.74) is 2.24. The molecule has 0 aliphatic heterocycles. The van der Waals surface area contributed by atoms with Gasteiger partial charge in [0.1, 0.15) is 0 Å². The van der Waals surface area contributed by atoms with E-state index in [1.165, 1.54) is 18.6 Å². The van der Waals surface area contributed by atoms with Gasteiger partial charge in [0.05, 0.1) is 18.6 Å². The van der Waals surface area contributed by atoms with Crippen LogP contribution in [0.2, 0.25) is 0 Å². The Hall–Kier alpha value is -3.75. The third-order valence-electron chi connectivity index (χ3n) is 3.16. The van der Waals surface area contributed by atoms with Crippen molar-refractivity contribution in [1.29, 1.82) is 0 Å². The van der Waals surface area contributed by atoms with Crippen molar-refractivity contribution in [2.24, 2.45) is 0 Å². The van der Waals surface area contributed by atoms with Crippen LogP contribution in [0.25, 0.3) is 34.2 Å². The third kappa shape index (κ3) is 2.77. The van der Waals surface area contributed by atoms with Gasteiger partial charge in [-0.05, 0) is 18.2 Å². The normalized spacial score (nSPS) is 10.5. The summed E-state index contributed by atoms with van der Waals surface area (Å²) in [6.07, 6.45) is 9.29.